The average molecular weight is 493 g/mol. The van der Waals surface area contributed by atoms with E-state index < -0.39 is 21.6 Å². The molecule has 0 spiro atoms. The van der Waals surface area contributed by atoms with Crippen molar-refractivity contribution in [2.24, 2.45) is 0 Å². The summed E-state index contributed by atoms with van der Waals surface area (Å²) in [7, 11) is -5.48. The summed E-state index contributed by atoms with van der Waals surface area (Å²) in [6.07, 6.45) is 5.82. The molecule has 2 aromatic rings. The number of imidazole rings is 1. The monoisotopic (exact) mass is 492 g/mol. The molecule has 11 heteroatoms. The minimum Gasteiger partial charge on any atom is -0.361 e. The van der Waals surface area contributed by atoms with Gasteiger partial charge in [0.05, 0.1) is 18.6 Å². The normalized spacial score (nSPS) is 18.3. The lowest BCUT2D eigenvalue weighted by Crippen LogP contribution is -2.46. The highest BCUT2D eigenvalue weighted by molar-refractivity contribution is 9.10. The van der Waals surface area contributed by atoms with Crippen molar-refractivity contribution in [1.29, 1.82) is 0 Å². The van der Waals surface area contributed by atoms with Crippen LogP contribution in [-0.2, 0) is 23.1 Å². The number of alkyl halides is 3. The number of aromatic amines is 1. The maximum absolute atomic E-state index is 13.3. The molecule has 0 amide bonds. The minimum absolute atomic E-state index is 0.282. The fourth-order valence-electron chi connectivity index (χ4n) is 3.40. The summed E-state index contributed by atoms with van der Waals surface area (Å²) in [6, 6.07) is 4.76. The van der Waals surface area contributed by atoms with E-state index >= 15 is 0 Å². The van der Waals surface area contributed by atoms with E-state index in [1.807, 2.05) is 4.90 Å². The van der Waals surface area contributed by atoms with E-state index in [1.54, 1.807) is 30.5 Å². The van der Waals surface area contributed by atoms with Crippen LogP contribution in [0.15, 0.2) is 47.9 Å². The highest BCUT2D eigenvalue weighted by atomic mass is 79.9. The van der Waals surface area contributed by atoms with E-state index in [-0.39, 0.29) is 13.1 Å². The predicted molar refractivity (Wildman–Crippen MR) is 108 cm³/mol. The molecule has 1 aromatic carbocycles. The minimum atomic E-state index is -5.48. The lowest BCUT2D eigenvalue weighted by Gasteiger charge is -2.34. The van der Waals surface area contributed by atoms with Gasteiger partial charge in [-0.1, -0.05) is 22.0 Å². The molecule has 2 heterocycles. The smallest absolute Gasteiger partial charge is 0.361 e. The first kappa shape index (κ1) is 21.8. The van der Waals surface area contributed by atoms with E-state index in [0.717, 1.165) is 5.69 Å². The second-order valence-corrected chi connectivity index (χ2v) is 9.59. The summed E-state index contributed by atoms with van der Waals surface area (Å²) in [4.78, 5) is 8.92. The molecule has 6 nitrogen and oxygen atoms in total. The Bertz CT molecular complexity index is 964. The van der Waals surface area contributed by atoms with Gasteiger partial charge in [-0.15, -0.1) is 6.58 Å². The van der Waals surface area contributed by atoms with Gasteiger partial charge in [0.25, 0.3) is 0 Å². The lowest BCUT2D eigenvalue weighted by atomic mass is 10.1. The Balaban J connectivity index is 2.09. The number of H-pyrrole nitrogens is 1. The molecule has 158 valence electrons. The fourth-order valence-corrected chi connectivity index (χ4v) is 4.78. The molecule has 0 radical (unpaired) electrons. The number of hydrogen-bond acceptors (Lipinski definition) is 4. The number of anilines is 1. The summed E-state index contributed by atoms with van der Waals surface area (Å²) in [5, 5.41) is 0. The van der Waals surface area contributed by atoms with Crippen LogP contribution in [0.2, 0.25) is 0 Å². The van der Waals surface area contributed by atoms with Crippen molar-refractivity contribution in [3.8, 4) is 0 Å². The number of halogens is 4. The molecule has 1 aliphatic rings. The van der Waals surface area contributed by atoms with E-state index in [0.29, 0.717) is 39.4 Å². The second kappa shape index (κ2) is 8.49. The summed E-state index contributed by atoms with van der Waals surface area (Å²) in [5.74, 6) is 0. The fraction of sp³-hybridized carbons (Fsp3) is 0.389. The van der Waals surface area contributed by atoms with Crippen LogP contribution in [0.1, 0.15) is 24.1 Å². The van der Waals surface area contributed by atoms with Gasteiger partial charge >= 0.3 is 15.5 Å². The largest absolute Gasteiger partial charge is 0.511 e. The number of rotatable bonds is 6. The molecule has 29 heavy (non-hydrogen) atoms. The first-order chi connectivity index (χ1) is 13.6. The number of allylic oxidation sites excluding steroid dienone is 1. The van der Waals surface area contributed by atoms with Crippen LogP contribution in [0.5, 0.6) is 0 Å². The van der Waals surface area contributed by atoms with Crippen molar-refractivity contribution in [2.45, 2.75) is 37.5 Å². The zero-order chi connectivity index (χ0) is 21.2. The van der Waals surface area contributed by atoms with Gasteiger partial charge in [0.1, 0.15) is 0 Å². The van der Waals surface area contributed by atoms with Gasteiger partial charge in [0.2, 0.25) is 0 Å². The van der Waals surface area contributed by atoms with Crippen LogP contribution in [0.4, 0.5) is 18.9 Å². The van der Waals surface area contributed by atoms with Crippen molar-refractivity contribution in [2.75, 3.05) is 11.4 Å². The Morgan fingerprint density at radius 3 is 2.76 bits per heavy atom. The van der Waals surface area contributed by atoms with Gasteiger partial charge in [0.15, 0.2) is 0 Å². The molecule has 1 N–H and O–H groups in total. The van der Waals surface area contributed by atoms with Gasteiger partial charge in [-0.2, -0.15) is 17.5 Å². The van der Waals surface area contributed by atoms with Crippen molar-refractivity contribution in [1.82, 2.24) is 14.3 Å². The van der Waals surface area contributed by atoms with Gasteiger partial charge in [-0.25, -0.2) is 13.4 Å². The third-order valence-electron chi connectivity index (χ3n) is 4.78. The maximum atomic E-state index is 13.3. The summed E-state index contributed by atoms with van der Waals surface area (Å²) in [6.45, 7) is 3.39. The molecular weight excluding hydrogens is 473 g/mol. The molecule has 1 aromatic heterocycles. The van der Waals surface area contributed by atoms with Crippen molar-refractivity contribution in [3.63, 3.8) is 0 Å². The number of benzene rings is 1. The first-order valence-corrected chi connectivity index (χ1v) is 11.1. The molecule has 0 bridgehead atoms. The summed E-state index contributed by atoms with van der Waals surface area (Å²) < 4.78 is 65.6. The topological polar surface area (TPSA) is 69.3 Å². The Morgan fingerprint density at radius 2 is 2.14 bits per heavy atom. The zero-order valence-corrected chi connectivity index (χ0v) is 17.8. The molecular formula is C18H20BrF3N4O2S. The zero-order valence-electron chi connectivity index (χ0n) is 15.4. The number of sulfonamides is 1. The molecule has 0 saturated heterocycles. The summed E-state index contributed by atoms with van der Waals surface area (Å²) in [5.41, 5.74) is -3.40. The highest BCUT2D eigenvalue weighted by Crippen LogP contribution is 2.36. The van der Waals surface area contributed by atoms with E-state index in [2.05, 4.69) is 32.5 Å². The molecule has 0 aliphatic carbocycles. The average Bonchev–Trinajstić information content (AvgIpc) is 3.09. The van der Waals surface area contributed by atoms with E-state index in [9.17, 15) is 21.6 Å². The quantitative estimate of drug-likeness (QED) is 0.614. The molecule has 0 saturated carbocycles. The van der Waals surface area contributed by atoms with Crippen molar-refractivity contribution in [3.05, 3.63) is 59.1 Å². The predicted octanol–water partition coefficient (Wildman–Crippen LogP) is 4.18. The highest BCUT2D eigenvalue weighted by Gasteiger charge is 2.51. The standard InChI is InChI=1S/C18H20BrF3N4O2S/c1-2-3-4-16-11-25(29(27,28)18(20,21)22)9-13-7-14(19)5-6-17(13)26(16)10-15-8-23-12-24-15/h2,5-8,12,16H,1,3-4,9-11H2,(H,23,24). The van der Waals surface area contributed by atoms with Crippen LogP contribution in [-0.4, -0.2) is 40.8 Å². The maximum Gasteiger partial charge on any atom is 0.511 e. The molecule has 0 fully saturated rings. The van der Waals surface area contributed by atoms with Crippen LogP contribution in [0, 0.1) is 0 Å². The van der Waals surface area contributed by atoms with Crippen LogP contribution in [0.3, 0.4) is 0 Å². The number of hydrogen-bond donors (Lipinski definition) is 1. The van der Waals surface area contributed by atoms with Gasteiger partial charge in [-0.3, -0.25) is 0 Å². The third-order valence-corrected chi connectivity index (χ3v) is 6.82. The number of aromatic nitrogens is 2. The van der Waals surface area contributed by atoms with Crippen molar-refractivity contribution >= 4 is 31.6 Å². The van der Waals surface area contributed by atoms with Gasteiger partial charge in [0, 0.05) is 35.5 Å². The molecule has 1 aliphatic heterocycles. The molecule has 1 unspecified atom stereocenters. The van der Waals surface area contributed by atoms with Crippen molar-refractivity contribution < 1.29 is 21.6 Å². The number of nitrogens with one attached hydrogen (secondary N) is 1. The lowest BCUT2D eigenvalue weighted by molar-refractivity contribution is -0.0492. The van der Waals surface area contributed by atoms with Crippen LogP contribution >= 0.6 is 15.9 Å². The Kier molecular flexibility index (Phi) is 6.39. The van der Waals surface area contributed by atoms with Gasteiger partial charge in [-0.05, 0) is 36.6 Å². The number of fused-ring (bicyclic) bond motifs is 1. The van der Waals surface area contributed by atoms with Crippen LogP contribution in [0.25, 0.3) is 0 Å². The number of nitrogens with zero attached hydrogens (tertiary/aromatic N) is 3. The van der Waals surface area contributed by atoms with Gasteiger partial charge < -0.3 is 9.88 Å². The Hall–Kier alpha value is -1.85. The molecule has 1 atom stereocenters. The third kappa shape index (κ3) is 4.67. The molecule has 3 rings (SSSR count). The Labute approximate surface area is 175 Å². The SMILES string of the molecule is C=CCCC1CN(S(=O)(=O)C(F)(F)F)Cc2cc(Br)ccc2N1Cc1cnc[nH]1. The van der Waals surface area contributed by atoms with E-state index in [4.69, 9.17) is 0 Å². The Morgan fingerprint density at radius 1 is 1.38 bits per heavy atom. The summed E-state index contributed by atoms with van der Waals surface area (Å²) >= 11 is 3.33. The second-order valence-electron chi connectivity index (χ2n) is 6.74. The van der Waals surface area contributed by atoms with E-state index in [1.165, 1.54) is 6.33 Å². The van der Waals surface area contributed by atoms with Crippen LogP contribution < -0.4 is 4.90 Å². The first-order valence-electron chi connectivity index (χ1n) is 8.83.